The van der Waals surface area contributed by atoms with Crippen LogP contribution in [0.25, 0.3) is 0 Å². The molecule has 0 aliphatic rings. The van der Waals surface area contributed by atoms with Gasteiger partial charge in [0.15, 0.2) is 0 Å². The van der Waals surface area contributed by atoms with E-state index in [1.807, 2.05) is 24.3 Å². The molecule has 2 aromatic rings. The van der Waals surface area contributed by atoms with E-state index in [0.29, 0.717) is 42.6 Å². The number of carbonyl (C=O) groups excluding carboxylic acids is 2. The molecule has 1 heterocycles. The van der Waals surface area contributed by atoms with Gasteiger partial charge in [0.05, 0.1) is 5.69 Å². The van der Waals surface area contributed by atoms with Gasteiger partial charge in [0.1, 0.15) is 5.69 Å². The van der Waals surface area contributed by atoms with Gasteiger partial charge in [-0.1, -0.05) is 0 Å². The van der Waals surface area contributed by atoms with Gasteiger partial charge in [0.2, 0.25) is 5.91 Å². The number of nitrogens with one attached hydrogen (secondary N) is 3. The van der Waals surface area contributed by atoms with Crippen LogP contribution in [0.15, 0.2) is 36.5 Å². The van der Waals surface area contributed by atoms with Crippen LogP contribution < -0.4 is 16.0 Å². The zero-order valence-electron chi connectivity index (χ0n) is 16.3. The van der Waals surface area contributed by atoms with Crippen molar-refractivity contribution in [3.05, 3.63) is 42.2 Å². The SMILES string of the molecule is COCCCC(=O)Nc1cc(C(=O)Nc2ccc(NC(C)C)cc2)n(C)c1. The van der Waals surface area contributed by atoms with Crippen LogP contribution in [0.1, 0.15) is 37.2 Å². The van der Waals surface area contributed by atoms with E-state index in [1.54, 1.807) is 31.0 Å². The molecule has 7 nitrogen and oxygen atoms in total. The van der Waals surface area contributed by atoms with Gasteiger partial charge >= 0.3 is 0 Å². The number of aryl methyl sites for hydroxylation is 1. The second-order valence-corrected chi connectivity index (χ2v) is 6.70. The average molecular weight is 372 g/mol. The van der Waals surface area contributed by atoms with Gasteiger partial charge < -0.3 is 25.3 Å². The molecule has 3 N–H and O–H groups in total. The average Bonchev–Trinajstić information content (AvgIpc) is 2.96. The molecule has 0 radical (unpaired) electrons. The molecule has 0 bridgehead atoms. The summed E-state index contributed by atoms with van der Waals surface area (Å²) in [5, 5.41) is 8.98. The van der Waals surface area contributed by atoms with Crippen molar-refractivity contribution in [2.75, 3.05) is 29.7 Å². The fraction of sp³-hybridized carbons (Fsp3) is 0.400. The maximum absolute atomic E-state index is 12.5. The molecule has 1 aromatic heterocycles. The van der Waals surface area contributed by atoms with Crippen molar-refractivity contribution >= 4 is 28.9 Å². The zero-order chi connectivity index (χ0) is 19.8. The second kappa shape index (κ2) is 9.78. The highest BCUT2D eigenvalue weighted by atomic mass is 16.5. The largest absolute Gasteiger partial charge is 0.385 e. The summed E-state index contributed by atoms with van der Waals surface area (Å²) in [6, 6.07) is 9.56. The van der Waals surface area contributed by atoms with E-state index in [1.165, 1.54) is 0 Å². The maximum Gasteiger partial charge on any atom is 0.272 e. The molecule has 7 heteroatoms. The molecular weight excluding hydrogens is 344 g/mol. The first kappa shape index (κ1) is 20.5. The molecule has 0 atom stereocenters. The van der Waals surface area contributed by atoms with Crippen molar-refractivity contribution in [2.45, 2.75) is 32.7 Å². The summed E-state index contributed by atoms with van der Waals surface area (Å²) in [6.07, 6.45) is 2.75. The van der Waals surface area contributed by atoms with E-state index in [4.69, 9.17) is 4.74 Å². The van der Waals surface area contributed by atoms with Crippen LogP contribution in [0.4, 0.5) is 17.1 Å². The number of rotatable bonds is 9. The Kier molecular flexibility index (Phi) is 7.43. The molecule has 2 rings (SSSR count). The number of hydrogen-bond acceptors (Lipinski definition) is 4. The Morgan fingerprint density at radius 1 is 1.07 bits per heavy atom. The fourth-order valence-electron chi connectivity index (χ4n) is 2.64. The van der Waals surface area contributed by atoms with E-state index in [9.17, 15) is 9.59 Å². The highest BCUT2D eigenvalue weighted by molar-refractivity contribution is 6.04. The summed E-state index contributed by atoms with van der Waals surface area (Å²) in [5.41, 5.74) is 2.77. The number of ether oxygens (including phenoxy) is 1. The summed E-state index contributed by atoms with van der Waals surface area (Å²) < 4.78 is 6.63. The van der Waals surface area contributed by atoms with E-state index >= 15 is 0 Å². The number of nitrogens with zero attached hydrogens (tertiary/aromatic N) is 1. The van der Waals surface area contributed by atoms with Gasteiger partial charge in [-0.15, -0.1) is 0 Å². The van der Waals surface area contributed by atoms with Crippen molar-refractivity contribution in [1.29, 1.82) is 0 Å². The summed E-state index contributed by atoms with van der Waals surface area (Å²) in [7, 11) is 3.37. The smallest absolute Gasteiger partial charge is 0.272 e. The lowest BCUT2D eigenvalue weighted by molar-refractivity contribution is -0.116. The lowest BCUT2D eigenvalue weighted by Crippen LogP contribution is -2.15. The quantitative estimate of drug-likeness (QED) is 0.589. The minimum absolute atomic E-state index is 0.0992. The van der Waals surface area contributed by atoms with E-state index in [-0.39, 0.29) is 11.8 Å². The Labute approximate surface area is 160 Å². The normalized spacial score (nSPS) is 10.7. The highest BCUT2D eigenvalue weighted by Crippen LogP contribution is 2.18. The van der Waals surface area contributed by atoms with Gasteiger partial charge in [-0.05, 0) is 50.6 Å². The number of anilines is 3. The molecule has 0 spiro atoms. The number of methoxy groups -OCH3 is 1. The first-order valence-electron chi connectivity index (χ1n) is 9.02. The van der Waals surface area contributed by atoms with Crippen LogP contribution in [0.5, 0.6) is 0 Å². The molecule has 2 amide bonds. The van der Waals surface area contributed by atoms with Crippen LogP contribution in [0, 0.1) is 0 Å². The van der Waals surface area contributed by atoms with E-state index in [0.717, 1.165) is 5.69 Å². The highest BCUT2D eigenvalue weighted by Gasteiger charge is 2.13. The van der Waals surface area contributed by atoms with Crippen molar-refractivity contribution < 1.29 is 14.3 Å². The monoisotopic (exact) mass is 372 g/mol. The molecule has 0 aliphatic carbocycles. The Balaban J connectivity index is 1.96. The summed E-state index contributed by atoms with van der Waals surface area (Å²) in [6.45, 7) is 4.68. The molecule has 146 valence electrons. The van der Waals surface area contributed by atoms with Gasteiger partial charge in [-0.3, -0.25) is 9.59 Å². The number of amides is 2. The van der Waals surface area contributed by atoms with E-state index < -0.39 is 0 Å². The molecule has 1 aromatic carbocycles. The molecule has 27 heavy (non-hydrogen) atoms. The third kappa shape index (κ3) is 6.45. The maximum atomic E-state index is 12.5. The molecule has 0 unspecified atom stereocenters. The van der Waals surface area contributed by atoms with E-state index in [2.05, 4.69) is 29.8 Å². The van der Waals surface area contributed by atoms with Crippen molar-refractivity contribution in [1.82, 2.24) is 4.57 Å². The Hall–Kier alpha value is -2.80. The Morgan fingerprint density at radius 3 is 2.37 bits per heavy atom. The Bertz CT molecular complexity index is 766. The third-order valence-corrected chi connectivity index (χ3v) is 3.87. The van der Waals surface area contributed by atoms with Gasteiger partial charge in [-0.2, -0.15) is 0 Å². The number of benzene rings is 1. The van der Waals surface area contributed by atoms with Crippen molar-refractivity contribution in [3.63, 3.8) is 0 Å². The lowest BCUT2D eigenvalue weighted by atomic mass is 10.2. The summed E-state index contributed by atoms with van der Waals surface area (Å²) in [5.74, 6) is -0.334. The topological polar surface area (TPSA) is 84.4 Å². The lowest BCUT2D eigenvalue weighted by Gasteiger charge is -2.11. The number of hydrogen-bond donors (Lipinski definition) is 3. The zero-order valence-corrected chi connectivity index (χ0v) is 16.3. The fourth-order valence-corrected chi connectivity index (χ4v) is 2.64. The molecule has 0 fully saturated rings. The summed E-state index contributed by atoms with van der Waals surface area (Å²) >= 11 is 0. The minimum Gasteiger partial charge on any atom is -0.385 e. The molecule has 0 aliphatic heterocycles. The first-order chi connectivity index (χ1) is 12.9. The van der Waals surface area contributed by atoms with Crippen LogP contribution in [-0.4, -0.2) is 36.1 Å². The van der Waals surface area contributed by atoms with Gasteiger partial charge in [0, 0.05) is 50.8 Å². The second-order valence-electron chi connectivity index (χ2n) is 6.70. The first-order valence-corrected chi connectivity index (χ1v) is 9.02. The van der Waals surface area contributed by atoms with Crippen molar-refractivity contribution in [3.8, 4) is 0 Å². The number of carbonyl (C=O) groups is 2. The van der Waals surface area contributed by atoms with Gasteiger partial charge in [0.25, 0.3) is 5.91 Å². The molecular formula is C20H28N4O3. The minimum atomic E-state index is -0.234. The Morgan fingerprint density at radius 2 is 1.74 bits per heavy atom. The third-order valence-electron chi connectivity index (χ3n) is 3.87. The number of aromatic nitrogens is 1. The van der Waals surface area contributed by atoms with Crippen LogP contribution >= 0.6 is 0 Å². The predicted octanol–water partition coefficient (Wildman–Crippen LogP) is 3.46. The van der Waals surface area contributed by atoms with Crippen molar-refractivity contribution in [2.24, 2.45) is 7.05 Å². The van der Waals surface area contributed by atoms with Gasteiger partial charge in [-0.25, -0.2) is 0 Å². The van der Waals surface area contributed by atoms with Crippen LogP contribution in [0.3, 0.4) is 0 Å². The molecule has 0 saturated carbocycles. The predicted molar refractivity (Wildman–Crippen MR) is 108 cm³/mol. The summed E-state index contributed by atoms with van der Waals surface area (Å²) in [4.78, 5) is 24.4. The standard InChI is InChI=1S/C20H28N4O3/c1-14(2)21-15-7-9-16(10-8-15)23-20(26)18-12-17(13-24(18)3)22-19(25)6-5-11-27-4/h7-10,12-14,21H,5-6,11H2,1-4H3,(H,22,25)(H,23,26). The van der Waals surface area contributed by atoms with Crippen LogP contribution in [-0.2, 0) is 16.6 Å². The van der Waals surface area contributed by atoms with Crippen LogP contribution in [0.2, 0.25) is 0 Å². The molecule has 0 saturated heterocycles.